The van der Waals surface area contributed by atoms with Crippen molar-refractivity contribution < 1.29 is 0 Å². The second kappa shape index (κ2) is 4.44. The fraction of sp³-hybridized carbons (Fsp3) is 0.429. The Labute approximate surface area is 107 Å². The van der Waals surface area contributed by atoms with E-state index in [-0.39, 0.29) is 0 Å². The highest BCUT2D eigenvalue weighted by atomic mass is 15.4. The lowest BCUT2D eigenvalue weighted by Gasteiger charge is -2.10. The van der Waals surface area contributed by atoms with Crippen LogP contribution >= 0.6 is 0 Å². The van der Waals surface area contributed by atoms with Crippen molar-refractivity contribution in [3.63, 3.8) is 0 Å². The van der Waals surface area contributed by atoms with E-state index in [1.54, 1.807) is 0 Å². The number of hydrogen-bond donors (Lipinski definition) is 1. The first-order chi connectivity index (χ1) is 8.81. The zero-order valence-electron chi connectivity index (χ0n) is 10.6. The first kappa shape index (κ1) is 11.3. The molecule has 1 fully saturated rings. The van der Waals surface area contributed by atoms with E-state index in [2.05, 4.69) is 35.4 Å². The maximum Gasteiger partial charge on any atom is 0.169 e. The molecule has 1 saturated carbocycles. The number of para-hydroxylation sites is 1. The molecule has 1 aliphatic carbocycles. The van der Waals surface area contributed by atoms with Crippen molar-refractivity contribution >= 4 is 5.82 Å². The van der Waals surface area contributed by atoms with Crippen LogP contribution < -0.4 is 5.73 Å². The molecule has 18 heavy (non-hydrogen) atoms. The van der Waals surface area contributed by atoms with Gasteiger partial charge in [-0.3, -0.25) is 0 Å². The Kier molecular flexibility index (Phi) is 2.78. The molecule has 0 spiro atoms. The smallest absolute Gasteiger partial charge is 0.169 e. The maximum absolute atomic E-state index is 5.95. The van der Waals surface area contributed by atoms with Crippen molar-refractivity contribution in [2.75, 3.05) is 5.73 Å². The van der Waals surface area contributed by atoms with Crippen LogP contribution in [-0.4, -0.2) is 15.0 Å². The summed E-state index contributed by atoms with van der Waals surface area (Å²) in [5, 5.41) is 8.28. The molecule has 0 aliphatic heterocycles. The molecule has 4 nitrogen and oxygen atoms in total. The highest BCUT2D eigenvalue weighted by Gasteiger charge is 2.31. The van der Waals surface area contributed by atoms with E-state index in [0.29, 0.717) is 11.7 Å². The molecule has 0 atom stereocenters. The maximum atomic E-state index is 5.95. The van der Waals surface area contributed by atoms with Crippen molar-refractivity contribution in [1.29, 1.82) is 0 Å². The van der Waals surface area contributed by atoms with E-state index in [0.717, 1.165) is 24.2 Å². The van der Waals surface area contributed by atoms with E-state index < -0.39 is 0 Å². The third kappa shape index (κ3) is 1.88. The van der Waals surface area contributed by atoms with Gasteiger partial charge in [-0.2, -0.15) is 0 Å². The summed E-state index contributed by atoms with van der Waals surface area (Å²) >= 11 is 0. The summed E-state index contributed by atoms with van der Waals surface area (Å²) in [5.74, 6) is 1.14. The highest BCUT2D eigenvalue weighted by molar-refractivity contribution is 5.48. The Bertz CT molecular complexity index is 555. The lowest BCUT2D eigenvalue weighted by Crippen LogP contribution is -2.05. The molecule has 3 rings (SSSR count). The van der Waals surface area contributed by atoms with Crippen LogP contribution in [0, 0.1) is 0 Å². The standard InChI is InChI=1S/C14H18N4/c1-2-5-10-6-3-4-7-12(10)18-13(11-8-9-11)14(15)16-17-18/h3-4,6-7,11H,2,5,8-9,15H2,1H3. The lowest BCUT2D eigenvalue weighted by molar-refractivity contribution is 0.750. The number of nitrogen functional groups attached to an aromatic ring is 1. The van der Waals surface area contributed by atoms with Gasteiger partial charge >= 0.3 is 0 Å². The molecule has 0 saturated heterocycles. The topological polar surface area (TPSA) is 56.7 Å². The molecule has 0 radical (unpaired) electrons. The Morgan fingerprint density at radius 3 is 2.83 bits per heavy atom. The zero-order chi connectivity index (χ0) is 12.5. The number of aromatic nitrogens is 3. The average Bonchev–Trinajstić information content (AvgIpc) is 3.14. The third-order valence-electron chi connectivity index (χ3n) is 3.44. The largest absolute Gasteiger partial charge is 0.381 e. The van der Waals surface area contributed by atoms with Gasteiger partial charge in [0.2, 0.25) is 0 Å². The van der Waals surface area contributed by atoms with Crippen LogP contribution in [0.3, 0.4) is 0 Å². The summed E-state index contributed by atoms with van der Waals surface area (Å²) in [6.07, 6.45) is 4.58. The van der Waals surface area contributed by atoms with Crippen LogP contribution in [0.4, 0.5) is 5.82 Å². The first-order valence-electron chi connectivity index (χ1n) is 6.60. The summed E-state index contributed by atoms with van der Waals surface area (Å²) in [4.78, 5) is 0. The van der Waals surface area contributed by atoms with Gasteiger partial charge < -0.3 is 5.73 Å². The zero-order valence-corrected chi connectivity index (χ0v) is 10.6. The number of anilines is 1. The van der Waals surface area contributed by atoms with E-state index in [9.17, 15) is 0 Å². The van der Waals surface area contributed by atoms with Crippen molar-refractivity contribution in [1.82, 2.24) is 15.0 Å². The summed E-state index contributed by atoms with van der Waals surface area (Å²) in [6.45, 7) is 2.19. The monoisotopic (exact) mass is 242 g/mol. The minimum absolute atomic E-state index is 0.551. The number of hydrogen-bond acceptors (Lipinski definition) is 3. The quantitative estimate of drug-likeness (QED) is 0.896. The summed E-state index contributed by atoms with van der Waals surface area (Å²) < 4.78 is 1.94. The van der Waals surface area contributed by atoms with E-state index in [1.165, 1.54) is 18.4 Å². The molecule has 0 unspecified atom stereocenters. The van der Waals surface area contributed by atoms with Crippen LogP contribution in [0.5, 0.6) is 0 Å². The fourth-order valence-corrected chi connectivity index (χ4v) is 2.42. The first-order valence-corrected chi connectivity index (χ1v) is 6.60. The van der Waals surface area contributed by atoms with Crippen LogP contribution in [0.2, 0.25) is 0 Å². The lowest BCUT2D eigenvalue weighted by atomic mass is 10.1. The van der Waals surface area contributed by atoms with Crippen LogP contribution in [-0.2, 0) is 6.42 Å². The Morgan fingerprint density at radius 2 is 2.11 bits per heavy atom. The van der Waals surface area contributed by atoms with Gasteiger partial charge in [-0.05, 0) is 30.9 Å². The molecule has 1 aliphatic rings. The molecule has 2 N–H and O–H groups in total. The molecular formula is C14H18N4. The number of rotatable bonds is 4. The third-order valence-corrected chi connectivity index (χ3v) is 3.44. The van der Waals surface area contributed by atoms with Crippen molar-refractivity contribution in [2.24, 2.45) is 0 Å². The second-order valence-corrected chi connectivity index (χ2v) is 4.92. The van der Waals surface area contributed by atoms with Gasteiger partial charge in [0.05, 0.1) is 11.4 Å². The summed E-state index contributed by atoms with van der Waals surface area (Å²) in [5.41, 5.74) is 9.49. The number of benzene rings is 1. The van der Waals surface area contributed by atoms with Gasteiger partial charge in [0.25, 0.3) is 0 Å². The molecule has 4 heteroatoms. The van der Waals surface area contributed by atoms with E-state index in [4.69, 9.17) is 5.73 Å². The van der Waals surface area contributed by atoms with Gasteiger partial charge in [0.1, 0.15) is 0 Å². The molecule has 1 heterocycles. The molecule has 1 aromatic heterocycles. The number of nitrogens with zero attached hydrogens (tertiary/aromatic N) is 3. The summed E-state index contributed by atoms with van der Waals surface area (Å²) in [6, 6.07) is 8.38. The van der Waals surface area contributed by atoms with Gasteiger partial charge in [0.15, 0.2) is 5.82 Å². The molecule has 2 aromatic rings. The van der Waals surface area contributed by atoms with Gasteiger partial charge in [-0.15, -0.1) is 5.10 Å². The predicted molar refractivity (Wildman–Crippen MR) is 71.7 cm³/mol. The van der Waals surface area contributed by atoms with Crippen LogP contribution in [0.15, 0.2) is 24.3 Å². The van der Waals surface area contributed by atoms with Crippen LogP contribution in [0.25, 0.3) is 5.69 Å². The van der Waals surface area contributed by atoms with Crippen LogP contribution in [0.1, 0.15) is 43.4 Å². The number of aryl methyl sites for hydroxylation is 1. The fourth-order valence-electron chi connectivity index (χ4n) is 2.42. The van der Waals surface area contributed by atoms with Crippen molar-refractivity contribution in [2.45, 2.75) is 38.5 Å². The minimum atomic E-state index is 0.551. The van der Waals surface area contributed by atoms with Crippen molar-refractivity contribution in [3.8, 4) is 5.69 Å². The van der Waals surface area contributed by atoms with E-state index in [1.807, 2.05) is 10.7 Å². The highest BCUT2D eigenvalue weighted by Crippen LogP contribution is 2.42. The Morgan fingerprint density at radius 1 is 1.33 bits per heavy atom. The molecule has 1 aromatic carbocycles. The molecular weight excluding hydrogens is 224 g/mol. The van der Waals surface area contributed by atoms with Crippen molar-refractivity contribution in [3.05, 3.63) is 35.5 Å². The molecule has 0 amide bonds. The normalized spacial score (nSPS) is 14.9. The number of nitrogens with two attached hydrogens (primary N) is 1. The molecule has 0 bridgehead atoms. The minimum Gasteiger partial charge on any atom is -0.381 e. The predicted octanol–water partition coefficient (Wildman–Crippen LogP) is 2.68. The SMILES string of the molecule is CCCc1ccccc1-n1nnc(N)c1C1CC1. The van der Waals surface area contributed by atoms with Gasteiger partial charge in [-0.1, -0.05) is 36.8 Å². The Balaban J connectivity index is 2.09. The van der Waals surface area contributed by atoms with E-state index >= 15 is 0 Å². The second-order valence-electron chi connectivity index (χ2n) is 4.92. The molecule has 94 valence electrons. The Hall–Kier alpha value is -1.84. The average molecular weight is 242 g/mol. The summed E-state index contributed by atoms with van der Waals surface area (Å²) in [7, 11) is 0. The van der Waals surface area contributed by atoms with Gasteiger partial charge in [-0.25, -0.2) is 4.68 Å². The van der Waals surface area contributed by atoms with Gasteiger partial charge in [0, 0.05) is 5.92 Å².